The second-order valence-corrected chi connectivity index (χ2v) is 6.94. The van der Waals surface area contributed by atoms with Gasteiger partial charge in [0.1, 0.15) is 0 Å². The van der Waals surface area contributed by atoms with Gasteiger partial charge in [-0.1, -0.05) is 13.8 Å². The van der Waals surface area contributed by atoms with E-state index in [2.05, 4.69) is 27.4 Å². The predicted octanol–water partition coefficient (Wildman–Crippen LogP) is 2.59. The van der Waals surface area contributed by atoms with E-state index in [-0.39, 0.29) is 23.9 Å². The maximum atomic E-state index is 11.9. The average Bonchev–Trinajstić information content (AvgIpc) is 2.96. The molecule has 0 fully saturated rings. The van der Waals surface area contributed by atoms with E-state index < -0.39 is 0 Å². The van der Waals surface area contributed by atoms with Crippen LogP contribution in [0.4, 0.5) is 4.79 Å². The largest absolute Gasteiger partial charge is 0.356 e. The third-order valence-electron chi connectivity index (χ3n) is 3.82. The molecule has 0 aromatic carbocycles. The first kappa shape index (κ1) is 16.8. The number of thiophene rings is 1. The minimum atomic E-state index is -0.126. The molecule has 0 unspecified atom stereocenters. The van der Waals surface area contributed by atoms with Gasteiger partial charge in [0.25, 0.3) is 0 Å². The molecule has 1 atom stereocenters. The van der Waals surface area contributed by atoms with Crippen LogP contribution < -0.4 is 16.0 Å². The Labute approximate surface area is 135 Å². The van der Waals surface area contributed by atoms with Crippen LogP contribution in [0.15, 0.2) is 11.4 Å². The van der Waals surface area contributed by atoms with Gasteiger partial charge in [0.05, 0.1) is 6.04 Å². The second kappa shape index (κ2) is 8.17. The second-order valence-electron chi connectivity index (χ2n) is 5.94. The third kappa shape index (κ3) is 4.73. The monoisotopic (exact) mass is 323 g/mol. The van der Waals surface area contributed by atoms with Crippen LogP contribution in [-0.2, 0) is 11.2 Å². The van der Waals surface area contributed by atoms with E-state index in [1.807, 2.05) is 13.8 Å². The maximum Gasteiger partial charge on any atom is 0.315 e. The molecule has 1 aromatic rings. The Morgan fingerprint density at radius 3 is 2.86 bits per heavy atom. The third-order valence-corrected chi connectivity index (χ3v) is 4.82. The quantitative estimate of drug-likeness (QED) is 0.704. The molecule has 1 aromatic heterocycles. The van der Waals surface area contributed by atoms with Crippen molar-refractivity contribution in [2.75, 3.05) is 13.1 Å². The molecule has 0 radical (unpaired) electrons. The fraction of sp³-hybridized carbons (Fsp3) is 0.625. The number of amides is 3. The van der Waals surface area contributed by atoms with Crippen LogP contribution in [0.2, 0.25) is 0 Å². The Kier molecular flexibility index (Phi) is 6.24. The summed E-state index contributed by atoms with van der Waals surface area (Å²) in [7, 11) is 0. The summed E-state index contributed by atoms with van der Waals surface area (Å²) < 4.78 is 0. The zero-order valence-electron chi connectivity index (χ0n) is 13.3. The number of carbonyl (C=O) groups excluding carboxylic acids is 2. The van der Waals surface area contributed by atoms with Gasteiger partial charge in [0.15, 0.2) is 0 Å². The SMILES string of the molecule is CC(C)C(=O)NCCCNC(=O)N[C@@H]1CCCc2sccc21. The van der Waals surface area contributed by atoms with Crippen molar-refractivity contribution >= 4 is 23.3 Å². The van der Waals surface area contributed by atoms with Crippen LogP contribution in [0.3, 0.4) is 0 Å². The summed E-state index contributed by atoms with van der Waals surface area (Å²) in [6, 6.07) is 2.13. The number of fused-ring (bicyclic) bond motifs is 1. The van der Waals surface area contributed by atoms with Gasteiger partial charge < -0.3 is 16.0 Å². The average molecular weight is 323 g/mol. The van der Waals surface area contributed by atoms with Crippen molar-refractivity contribution in [3.8, 4) is 0 Å². The van der Waals surface area contributed by atoms with Gasteiger partial charge in [0.2, 0.25) is 5.91 Å². The number of rotatable bonds is 6. The van der Waals surface area contributed by atoms with Crippen LogP contribution in [0.1, 0.15) is 49.6 Å². The number of aryl methyl sites for hydroxylation is 1. The summed E-state index contributed by atoms with van der Waals surface area (Å²) >= 11 is 1.77. The lowest BCUT2D eigenvalue weighted by molar-refractivity contribution is -0.123. The maximum absolute atomic E-state index is 11.9. The number of hydrogen-bond donors (Lipinski definition) is 3. The Balaban J connectivity index is 1.64. The molecule has 1 aliphatic carbocycles. The van der Waals surface area contributed by atoms with E-state index in [1.54, 1.807) is 11.3 Å². The summed E-state index contributed by atoms with van der Waals surface area (Å²) in [6.45, 7) is 4.89. The number of nitrogens with one attached hydrogen (secondary N) is 3. The molecule has 5 nitrogen and oxygen atoms in total. The van der Waals surface area contributed by atoms with Crippen LogP contribution >= 0.6 is 11.3 Å². The van der Waals surface area contributed by atoms with Gasteiger partial charge >= 0.3 is 6.03 Å². The molecule has 0 saturated heterocycles. The minimum absolute atomic E-state index is 0.00219. The Hall–Kier alpha value is -1.56. The molecule has 3 N–H and O–H groups in total. The van der Waals surface area contributed by atoms with E-state index in [4.69, 9.17) is 0 Å². The van der Waals surface area contributed by atoms with Gasteiger partial charge in [0, 0.05) is 23.9 Å². The zero-order chi connectivity index (χ0) is 15.9. The van der Waals surface area contributed by atoms with Crippen molar-refractivity contribution in [2.24, 2.45) is 5.92 Å². The summed E-state index contributed by atoms with van der Waals surface area (Å²) in [5, 5.41) is 10.8. The number of urea groups is 1. The van der Waals surface area contributed by atoms with Gasteiger partial charge in [-0.25, -0.2) is 4.79 Å². The summed E-state index contributed by atoms with van der Waals surface area (Å²) in [6.07, 6.45) is 3.99. The smallest absolute Gasteiger partial charge is 0.315 e. The minimum Gasteiger partial charge on any atom is -0.356 e. The highest BCUT2D eigenvalue weighted by atomic mass is 32.1. The van der Waals surface area contributed by atoms with Crippen molar-refractivity contribution in [2.45, 2.75) is 45.6 Å². The molecule has 122 valence electrons. The van der Waals surface area contributed by atoms with E-state index in [0.29, 0.717) is 13.1 Å². The predicted molar refractivity (Wildman–Crippen MR) is 89.0 cm³/mol. The standard InChI is InChI=1S/C16H25N3O2S/c1-11(2)15(20)17-8-4-9-18-16(21)19-13-5-3-6-14-12(13)7-10-22-14/h7,10-11,13H,3-6,8-9H2,1-2H3,(H,17,20)(H2,18,19,21)/t13-/m1/s1. The van der Waals surface area contributed by atoms with Gasteiger partial charge in [-0.15, -0.1) is 11.3 Å². The van der Waals surface area contributed by atoms with E-state index in [9.17, 15) is 9.59 Å². The summed E-state index contributed by atoms with van der Waals surface area (Å²) in [5.41, 5.74) is 1.27. The summed E-state index contributed by atoms with van der Waals surface area (Å²) in [5.74, 6) is 0.0546. The van der Waals surface area contributed by atoms with Gasteiger partial charge in [-0.2, -0.15) is 0 Å². The first-order valence-corrected chi connectivity index (χ1v) is 8.84. The fourth-order valence-electron chi connectivity index (χ4n) is 2.55. The van der Waals surface area contributed by atoms with E-state index >= 15 is 0 Å². The topological polar surface area (TPSA) is 70.2 Å². The van der Waals surface area contributed by atoms with Crippen molar-refractivity contribution in [3.05, 3.63) is 21.9 Å². The molecular weight excluding hydrogens is 298 g/mol. The molecule has 0 saturated carbocycles. The van der Waals surface area contributed by atoms with E-state index in [1.165, 1.54) is 10.4 Å². The van der Waals surface area contributed by atoms with Crippen LogP contribution in [-0.4, -0.2) is 25.0 Å². The van der Waals surface area contributed by atoms with Crippen molar-refractivity contribution in [3.63, 3.8) is 0 Å². The first-order chi connectivity index (χ1) is 10.6. The fourth-order valence-corrected chi connectivity index (χ4v) is 3.54. The lowest BCUT2D eigenvalue weighted by Gasteiger charge is -2.23. The Bertz CT molecular complexity index is 513. The lowest BCUT2D eigenvalue weighted by Crippen LogP contribution is -2.40. The Morgan fingerprint density at radius 2 is 2.09 bits per heavy atom. The lowest BCUT2D eigenvalue weighted by atomic mass is 9.94. The molecule has 22 heavy (non-hydrogen) atoms. The molecule has 3 amide bonds. The summed E-state index contributed by atoms with van der Waals surface area (Å²) in [4.78, 5) is 24.7. The normalized spacial score (nSPS) is 17.0. The zero-order valence-corrected chi connectivity index (χ0v) is 14.1. The molecule has 2 rings (SSSR count). The molecule has 0 bridgehead atoms. The molecule has 6 heteroatoms. The molecule has 1 aliphatic rings. The van der Waals surface area contributed by atoms with Crippen molar-refractivity contribution in [1.29, 1.82) is 0 Å². The highest BCUT2D eigenvalue weighted by Gasteiger charge is 2.22. The molecule has 0 spiro atoms. The number of carbonyl (C=O) groups is 2. The van der Waals surface area contributed by atoms with Crippen LogP contribution in [0.25, 0.3) is 0 Å². The Morgan fingerprint density at radius 1 is 1.32 bits per heavy atom. The first-order valence-electron chi connectivity index (χ1n) is 7.96. The van der Waals surface area contributed by atoms with Crippen LogP contribution in [0.5, 0.6) is 0 Å². The molecule has 1 heterocycles. The van der Waals surface area contributed by atoms with Crippen LogP contribution in [0, 0.1) is 5.92 Å². The highest BCUT2D eigenvalue weighted by molar-refractivity contribution is 7.10. The van der Waals surface area contributed by atoms with Gasteiger partial charge in [-0.05, 0) is 42.7 Å². The van der Waals surface area contributed by atoms with Gasteiger partial charge in [-0.3, -0.25) is 4.79 Å². The molecule has 0 aliphatic heterocycles. The van der Waals surface area contributed by atoms with Crippen molar-refractivity contribution < 1.29 is 9.59 Å². The highest BCUT2D eigenvalue weighted by Crippen LogP contribution is 2.33. The number of hydrogen-bond acceptors (Lipinski definition) is 3. The molecular formula is C16H25N3O2S. The van der Waals surface area contributed by atoms with Crippen molar-refractivity contribution in [1.82, 2.24) is 16.0 Å². The van der Waals surface area contributed by atoms with E-state index in [0.717, 1.165) is 25.7 Å².